The summed E-state index contributed by atoms with van der Waals surface area (Å²) in [4.78, 5) is 4.58. The first-order valence-electron chi connectivity index (χ1n) is 7.56. The van der Waals surface area contributed by atoms with Crippen molar-refractivity contribution in [1.29, 1.82) is 0 Å². The van der Waals surface area contributed by atoms with E-state index in [0.717, 1.165) is 36.4 Å². The predicted octanol–water partition coefficient (Wildman–Crippen LogP) is 2.51. The van der Waals surface area contributed by atoms with Crippen LogP contribution in [0, 0.1) is 5.92 Å². The second kappa shape index (κ2) is 6.26. The van der Waals surface area contributed by atoms with Gasteiger partial charge in [0.25, 0.3) is 0 Å². The summed E-state index contributed by atoms with van der Waals surface area (Å²) in [6, 6.07) is 8.06. The van der Waals surface area contributed by atoms with Crippen molar-refractivity contribution >= 4 is 0 Å². The third-order valence-electron chi connectivity index (χ3n) is 4.13. The van der Waals surface area contributed by atoms with Crippen LogP contribution in [0.4, 0.5) is 0 Å². The van der Waals surface area contributed by atoms with Gasteiger partial charge in [0.05, 0.1) is 12.5 Å². The number of para-hydroxylation sites is 1. The molecule has 0 aliphatic carbocycles. The lowest BCUT2D eigenvalue weighted by atomic mass is 9.92. The molecule has 5 heteroatoms. The Hall–Kier alpha value is -1.88. The summed E-state index contributed by atoms with van der Waals surface area (Å²) < 4.78 is 11.1. The highest BCUT2D eigenvalue weighted by Crippen LogP contribution is 2.36. The zero-order valence-electron chi connectivity index (χ0n) is 12.3. The van der Waals surface area contributed by atoms with Crippen LogP contribution >= 0.6 is 0 Å². The molecule has 5 nitrogen and oxygen atoms in total. The Labute approximate surface area is 124 Å². The van der Waals surface area contributed by atoms with Crippen LogP contribution in [0.2, 0.25) is 0 Å². The third-order valence-corrected chi connectivity index (χ3v) is 4.13. The van der Waals surface area contributed by atoms with E-state index < -0.39 is 0 Å². The summed E-state index contributed by atoms with van der Waals surface area (Å²) in [5, 5.41) is 4.18. The van der Waals surface area contributed by atoms with Gasteiger partial charge in [0.1, 0.15) is 5.75 Å². The molecule has 2 unspecified atom stereocenters. The first-order chi connectivity index (χ1) is 10.3. The van der Waals surface area contributed by atoms with Gasteiger partial charge in [-0.05, 0) is 24.9 Å². The molecule has 0 saturated heterocycles. The van der Waals surface area contributed by atoms with Gasteiger partial charge in [-0.25, -0.2) is 0 Å². The van der Waals surface area contributed by atoms with E-state index in [2.05, 4.69) is 23.1 Å². The molecule has 1 aromatic carbocycles. The van der Waals surface area contributed by atoms with Gasteiger partial charge < -0.3 is 15.0 Å². The second-order valence-electron chi connectivity index (χ2n) is 5.49. The topological polar surface area (TPSA) is 74.2 Å². The monoisotopic (exact) mass is 287 g/mol. The number of nitrogens with zero attached hydrogens (tertiary/aromatic N) is 2. The van der Waals surface area contributed by atoms with Gasteiger partial charge in [-0.1, -0.05) is 36.7 Å². The van der Waals surface area contributed by atoms with Crippen molar-refractivity contribution < 1.29 is 9.26 Å². The van der Waals surface area contributed by atoms with E-state index in [9.17, 15) is 0 Å². The molecule has 2 N–H and O–H groups in total. The summed E-state index contributed by atoms with van der Waals surface area (Å²) in [7, 11) is 0. The number of rotatable bonds is 5. The molecule has 1 aliphatic rings. The van der Waals surface area contributed by atoms with Crippen molar-refractivity contribution in [1.82, 2.24) is 10.1 Å². The van der Waals surface area contributed by atoms with Gasteiger partial charge in [-0.2, -0.15) is 4.98 Å². The molecule has 0 spiro atoms. The normalized spacial score (nSPS) is 18.9. The number of benzene rings is 1. The summed E-state index contributed by atoms with van der Waals surface area (Å²) in [6.07, 6.45) is 2.66. The largest absolute Gasteiger partial charge is 0.493 e. The second-order valence-corrected chi connectivity index (χ2v) is 5.49. The Morgan fingerprint density at radius 2 is 2.24 bits per heavy atom. The van der Waals surface area contributed by atoms with Crippen LogP contribution in [-0.2, 0) is 6.42 Å². The fraction of sp³-hybridized carbons (Fsp3) is 0.500. The van der Waals surface area contributed by atoms with E-state index in [4.69, 9.17) is 15.0 Å². The van der Waals surface area contributed by atoms with Crippen LogP contribution in [-0.4, -0.2) is 23.3 Å². The predicted molar refractivity (Wildman–Crippen MR) is 79.2 cm³/mol. The number of nitrogens with two attached hydrogens (primary N) is 1. The highest BCUT2D eigenvalue weighted by molar-refractivity contribution is 5.40. The van der Waals surface area contributed by atoms with Crippen LogP contribution in [0.3, 0.4) is 0 Å². The van der Waals surface area contributed by atoms with E-state index in [1.54, 1.807) is 0 Å². The molecule has 1 aliphatic heterocycles. The molecule has 2 aromatic rings. The van der Waals surface area contributed by atoms with Crippen LogP contribution in [0.1, 0.15) is 43.0 Å². The third kappa shape index (κ3) is 2.93. The first-order valence-corrected chi connectivity index (χ1v) is 7.56. The Balaban J connectivity index is 1.81. The standard InChI is InChI=1S/C16H21N3O2/c1-2-11(10-17)9-15-18-16(19-21-15)13-7-8-20-14-6-4-3-5-12(13)14/h3-6,11,13H,2,7-10,17H2,1H3. The summed E-state index contributed by atoms with van der Waals surface area (Å²) in [6.45, 7) is 3.46. The van der Waals surface area contributed by atoms with E-state index in [1.165, 1.54) is 0 Å². The summed E-state index contributed by atoms with van der Waals surface area (Å²) >= 11 is 0. The Bertz CT molecular complexity index is 593. The Kier molecular flexibility index (Phi) is 4.20. The molecule has 0 saturated carbocycles. The fourth-order valence-electron chi connectivity index (χ4n) is 2.74. The van der Waals surface area contributed by atoms with Crippen LogP contribution in [0.15, 0.2) is 28.8 Å². The molecule has 112 valence electrons. The minimum Gasteiger partial charge on any atom is -0.493 e. The summed E-state index contributed by atoms with van der Waals surface area (Å²) in [5.74, 6) is 2.93. The SMILES string of the molecule is CCC(CN)Cc1nc(C2CCOc3ccccc32)no1. The van der Waals surface area contributed by atoms with Gasteiger partial charge in [-0.3, -0.25) is 0 Å². The molecule has 2 heterocycles. The van der Waals surface area contributed by atoms with Gasteiger partial charge in [0, 0.05) is 12.0 Å². The van der Waals surface area contributed by atoms with Crippen molar-refractivity contribution in [2.75, 3.05) is 13.2 Å². The number of hydrogen-bond acceptors (Lipinski definition) is 5. The van der Waals surface area contributed by atoms with Gasteiger partial charge >= 0.3 is 0 Å². The minimum atomic E-state index is 0.158. The zero-order chi connectivity index (χ0) is 14.7. The van der Waals surface area contributed by atoms with Crippen LogP contribution in [0.5, 0.6) is 5.75 Å². The highest BCUT2D eigenvalue weighted by atomic mass is 16.5. The summed E-state index contributed by atoms with van der Waals surface area (Å²) in [5.41, 5.74) is 6.88. The van der Waals surface area contributed by atoms with Gasteiger partial charge in [0.15, 0.2) is 5.82 Å². The van der Waals surface area contributed by atoms with Crippen molar-refractivity contribution in [3.05, 3.63) is 41.5 Å². The van der Waals surface area contributed by atoms with E-state index in [1.807, 2.05) is 18.2 Å². The van der Waals surface area contributed by atoms with Gasteiger partial charge in [0.2, 0.25) is 5.89 Å². The zero-order valence-corrected chi connectivity index (χ0v) is 12.3. The quantitative estimate of drug-likeness (QED) is 0.914. The van der Waals surface area contributed by atoms with Crippen molar-refractivity contribution in [2.24, 2.45) is 11.7 Å². The maximum absolute atomic E-state index is 5.74. The van der Waals surface area contributed by atoms with E-state index >= 15 is 0 Å². The Morgan fingerprint density at radius 1 is 1.38 bits per heavy atom. The fourth-order valence-corrected chi connectivity index (χ4v) is 2.74. The first kappa shape index (κ1) is 14.1. The molecule has 0 radical (unpaired) electrons. The van der Waals surface area contributed by atoms with Crippen molar-refractivity contribution in [3.63, 3.8) is 0 Å². The molecule has 1 aromatic heterocycles. The molecule has 0 bridgehead atoms. The minimum absolute atomic E-state index is 0.158. The molecular formula is C16H21N3O2. The van der Waals surface area contributed by atoms with Crippen molar-refractivity contribution in [3.8, 4) is 5.75 Å². The smallest absolute Gasteiger partial charge is 0.226 e. The average molecular weight is 287 g/mol. The van der Waals surface area contributed by atoms with Crippen LogP contribution in [0.25, 0.3) is 0 Å². The molecule has 0 fully saturated rings. The van der Waals surface area contributed by atoms with E-state index in [-0.39, 0.29) is 5.92 Å². The van der Waals surface area contributed by atoms with Crippen LogP contribution < -0.4 is 10.5 Å². The lowest BCUT2D eigenvalue weighted by Gasteiger charge is -2.23. The molecule has 0 amide bonds. The number of hydrogen-bond donors (Lipinski definition) is 1. The molecular weight excluding hydrogens is 266 g/mol. The number of aromatic nitrogens is 2. The van der Waals surface area contributed by atoms with E-state index in [0.29, 0.717) is 25.0 Å². The molecule has 21 heavy (non-hydrogen) atoms. The maximum Gasteiger partial charge on any atom is 0.226 e. The van der Waals surface area contributed by atoms with Gasteiger partial charge in [-0.15, -0.1) is 0 Å². The Morgan fingerprint density at radius 3 is 3.05 bits per heavy atom. The average Bonchev–Trinajstić information content (AvgIpc) is 3.00. The lowest BCUT2D eigenvalue weighted by Crippen LogP contribution is -2.17. The molecule has 2 atom stereocenters. The maximum atomic E-state index is 5.74. The number of ether oxygens (including phenoxy) is 1. The highest BCUT2D eigenvalue weighted by Gasteiger charge is 2.27. The van der Waals surface area contributed by atoms with Crippen molar-refractivity contribution in [2.45, 2.75) is 32.1 Å². The number of fused-ring (bicyclic) bond motifs is 1. The lowest BCUT2D eigenvalue weighted by molar-refractivity contribution is 0.272. The molecule has 3 rings (SSSR count).